The molecule has 7 heteroatoms. The van der Waals surface area contributed by atoms with Crippen LogP contribution in [0.5, 0.6) is 0 Å². The van der Waals surface area contributed by atoms with Gasteiger partial charge in [0.1, 0.15) is 5.56 Å². The molecule has 1 heterocycles. The Bertz CT molecular complexity index is 521. The van der Waals surface area contributed by atoms with Gasteiger partial charge in [-0.1, -0.05) is 0 Å². The minimum atomic E-state index is -4.73. The zero-order chi connectivity index (χ0) is 15.1. The van der Waals surface area contributed by atoms with Crippen LogP contribution in [0, 0.1) is 10.1 Å². The summed E-state index contributed by atoms with van der Waals surface area (Å²) in [6.45, 7) is 3.89. The summed E-state index contributed by atoms with van der Waals surface area (Å²) in [5.41, 5.74) is -1.70. The number of hydrogen-bond acceptors (Lipinski definition) is 3. The van der Waals surface area contributed by atoms with Gasteiger partial charge in [0.15, 0.2) is 0 Å². The maximum atomic E-state index is 12.9. The van der Waals surface area contributed by atoms with E-state index in [-0.39, 0.29) is 12.1 Å². The highest BCUT2D eigenvalue weighted by Crippen LogP contribution is 2.40. The Morgan fingerprint density at radius 3 is 2.25 bits per heavy atom. The van der Waals surface area contributed by atoms with Gasteiger partial charge in [-0.3, -0.25) is 10.1 Å². The van der Waals surface area contributed by atoms with Crippen LogP contribution in [0.4, 0.5) is 24.5 Å². The molecule has 1 fully saturated rings. The first-order valence-electron chi connectivity index (χ1n) is 6.35. The highest BCUT2D eigenvalue weighted by molar-refractivity contribution is 5.58. The van der Waals surface area contributed by atoms with E-state index in [2.05, 4.69) is 0 Å². The maximum absolute atomic E-state index is 12.9. The Morgan fingerprint density at radius 2 is 1.80 bits per heavy atom. The summed E-state index contributed by atoms with van der Waals surface area (Å²) < 4.78 is 38.8. The first-order valence-corrected chi connectivity index (χ1v) is 6.35. The number of benzene rings is 1. The van der Waals surface area contributed by atoms with Crippen LogP contribution < -0.4 is 4.90 Å². The van der Waals surface area contributed by atoms with Crippen LogP contribution in [0.3, 0.4) is 0 Å². The van der Waals surface area contributed by atoms with Crippen molar-refractivity contribution < 1.29 is 18.1 Å². The molecule has 110 valence electrons. The number of rotatable bonds is 2. The summed E-state index contributed by atoms with van der Waals surface area (Å²) in [6, 6.07) is 3.48. The van der Waals surface area contributed by atoms with Gasteiger partial charge in [0.2, 0.25) is 0 Å². The van der Waals surface area contributed by atoms with Gasteiger partial charge in [-0.15, -0.1) is 0 Å². The average molecular weight is 288 g/mol. The van der Waals surface area contributed by atoms with E-state index in [1.165, 1.54) is 6.07 Å². The third-order valence-electron chi connectivity index (χ3n) is 3.73. The summed E-state index contributed by atoms with van der Waals surface area (Å²) in [7, 11) is 0. The Kier molecular flexibility index (Phi) is 3.62. The Morgan fingerprint density at radius 1 is 1.25 bits per heavy atom. The van der Waals surface area contributed by atoms with Crippen LogP contribution in [0.15, 0.2) is 18.2 Å². The van der Waals surface area contributed by atoms with Crippen molar-refractivity contribution >= 4 is 11.4 Å². The molecule has 4 nitrogen and oxygen atoms in total. The predicted octanol–water partition coefficient (Wildman–Crippen LogP) is 3.99. The second-order valence-corrected chi connectivity index (χ2v) is 5.14. The minimum Gasteiger partial charge on any atom is -0.366 e. The summed E-state index contributed by atoms with van der Waals surface area (Å²) >= 11 is 0. The topological polar surface area (TPSA) is 46.4 Å². The molecule has 0 saturated carbocycles. The van der Waals surface area contributed by atoms with Crippen LogP contribution in [0.2, 0.25) is 0 Å². The van der Waals surface area contributed by atoms with Gasteiger partial charge >= 0.3 is 6.18 Å². The van der Waals surface area contributed by atoms with E-state index in [0.717, 1.165) is 25.0 Å². The molecule has 0 amide bonds. The standard InChI is InChI=1S/C13H15F3N2O2/c1-8-3-4-9(2)17(8)10-5-6-12(18(19)20)11(7-10)13(14,15)16/h5-9H,3-4H2,1-2H3/t8-,9+. The van der Waals surface area contributed by atoms with E-state index in [0.29, 0.717) is 5.69 Å². The molecule has 1 aromatic rings. The molecule has 1 aliphatic heterocycles. The fourth-order valence-electron chi connectivity index (χ4n) is 2.77. The predicted molar refractivity (Wildman–Crippen MR) is 68.7 cm³/mol. The summed E-state index contributed by atoms with van der Waals surface area (Å²) in [6.07, 6.45) is -2.93. The lowest BCUT2D eigenvalue weighted by molar-refractivity contribution is -0.388. The molecule has 0 aromatic heterocycles. The molecule has 0 radical (unpaired) electrons. The summed E-state index contributed by atoms with van der Waals surface area (Å²) in [5.74, 6) is 0. The normalized spacial score (nSPS) is 23.1. The number of nitro benzene ring substituents is 1. The zero-order valence-electron chi connectivity index (χ0n) is 11.1. The lowest BCUT2D eigenvalue weighted by atomic mass is 10.1. The zero-order valence-corrected chi connectivity index (χ0v) is 11.1. The second kappa shape index (κ2) is 4.96. The van der Waals surface area contributed by atoms with Gasteiger partial charge < -0.3 is 4.90 Å². The molecule has 2 atom stereocenters. The van der Waals surface area contributed by atoms with Gasteiger partial charge in [0, 0.05) is 23.8 Å². The number of alkyl halides is 3. The maximum Gasteiger partial charge on any atom is 0.423 e. The third-order valence-corrected chi connectivity index (χ3v) is 3.73. The summed E-state index contributed by atoms with van der Waals surface area (Å²) in [4.78, 5) is 11.6. The van der Waals surface area contributed by atoms with E-state index in [9.17, 15) is 23.3 Å². The Hall–Kier alpha value is -1.79. The average Bonchev–Trinajstić information content (AvgIpc) is 2.67. The van der Waals surface area contributed by atoms with Gasteiger partial charge in [0.25, 0.3) is 5.69 Å². The van der Waals surface area contributed by atoms with Crippen molar-refractivity contribution in [1.82, 2.24) is 0 Å². The van der Waals surface area contributed by atoms with Crippen LogP contribution in [-0.2, 0) is 6.18 Å². The van der Waals surface area contributed by atoms with E-state index in [1.807, 2.05) is 18.7 Å². The fourth-order valence-corrected chi connectivity index (χ4v) is 2.77. The first-order chi connectivity index (χ1) is 9.21. The number of hydrogen-bond donors (Lipinski definition) is 0. The number of nitrogens with zero attached hydrogens (tertiary/aromatic N) is 2. The van der Waals surface area contributed by atoms with Gasteiger partial charge in [-0.2, -0.15) is 13.2 Å². The van der Waals surface area contributed by atoms with Crippen molar-refractivity contribution in [3.63, 3.8) is 0 Å². The number of nitro groups is 1. The van der Waals surface area contributed by atoms with E-state index in [4.69, 9.17) is 0 Å². The number of anilines is 1. The largest absolute Gasteiger partial charge is 0.423 e. The molecule has 1 saturated heterocycles. The van der Waals surface area contributed by atoms with Crippen LogP contribution in [-0.4, -0.2) is 17.0 Å². The van der Waals surface area contributed by atoms with Crippen LogP contribution >= 0.6 is 0 Å². The molecule has 0 aliphatic carbocycles. The van der Waals surface area contributed by atoms with E-state index in [1.54, 1.807) is 0 Å². The second-order valence-electron chi connectivity index (χ2n) is 5.14. The molecule has 1 aliphatic rings. The van der Waals surface area contributed by atoms with Gasteiger partial charge in [0.05, 0.1) is 4.92 Å². The van der Waals surface area contributed by atoms with Gasteiger partial charge in [-0.25, -0.2) is 0 Å². The van der Waals surface area contributed by atoms with E-state index >= 15 is 0 Å². The molecule has 2 rings (SSSR count). The SMILES string of the molecule is C[C@@H]1CC[C@H](C)N1c1ccc([N+](=O)[O-])c(C(F)(F)F)c1. The lowest BCUT2D eigenvalue weighted by Gasteiger charge is -2.29. The van der Waals surface area contributed by atoms with Crippen LogP contribution in [0.25, 0.3) is 0 Å². The molecule has 20 heavy (non-hydrogen) atoms. The Labute approximate surface area is 114 Å². The highest BCUT2D eigenvalue weighted by atomic mass is 19.4. The lowest BCUT2D eigenvalue weighted by Crippen LogP contribution is -2.32. The van der Waals surface area contributed by atoms with Crippen molar-refractivity contribution in [3.8, 4) is 0 Å². The molecular weight excluding hydrogens is 273 g/mol. The molecule has 1 aromatic carbocycles. The quantitative estimate of drug-likeness (QED) is 0.610. The Balaban J connectivity index is 2.50. The monoisotopic (exact) mass is 288 g/mol. The van der Waals surface area contributed by atoms with Crippen LogP contribution in [0.1, 0.15) is 32.3 Å². The van der Waals surface area contributed by atoms with Gasteiger partial charge in [-0.05, 0) is 38.8 Å². The molecule has 0 N–H and O–H groups in total. The van der Waals surface area contributed by atoms with Crippen molar-refractivity contribution in [1.29, 1.82) is 0 Å². The van der Waals surface area contributed by atoms with Crippen molar-refractivity contribution in [2.75, 3.05) is 4.90 Å². The first kappa shape index (κ1) is 14.6. The minimum absolute atomic E-state index is 0.132. The number of halogens is 3. The highest BCUT2D eigenvalue weighted by Gasteiger charge is 2.39. The third kappa shape index (κ3) is 2.57. The molecular formula is C13H15F3N2O2. The molecule has 0 bridgehead atoms. The van der Waals surface area contributed by atoms with E-state index < -0.39 is 22.4 Å². The fraction of sp³-hybridized carbons (Fsp3) is 0.538. The molecule has 0 spiro atoms. The summed E-state index contributed by atoms with van der Waals surface area (Å²) in [5, 5.41) is 10.7. The van der Waals surface area contributed by atoms with Crippen molar-refractivity contribution in [3.05, 3.63) is 33.9 Å². The molecule has 0 unspecified atom stereocenters. The van der Waals surface area contributed by atoms with Crippen molar-refractivity contribution in [2.24, 2.45) is 0 Å². The van der Waals surface area contributed by atoms with Crippen molar-refractivity contribution in [2.45, 2.75) is 44.9 Å². The smallest absolute Gasteiger partial charge is 0.366 e.